The van der Waals surface area contributed by atoms with Crippen LogP contribution in [0.1, 0.15) is 10.4 Å². The van der Waals surface area contributed by atoms with Crippen molar-refractivity contribution in [3.63, 3.8) is 0 Å². The van der Waals surface area contributed by atoms with Crippen LogP contribution in [0, 0.1) is 0 Å². The minimum atomic E-state index is -5.15. The number of halogens is 3. The molecule has 2 N–H and O–H groups in total. The number of carbonyl (C=O) groups excluding carboxylic acids is 2. The van der Waals surface area contributed by atoms with Crippen LogP contribution in [0.25, 0.3) is 0 Å². The Labute approximate surface area is 194 Å². The Hall–Kier alpha value is -2.69. The number of aromatic nitrogens is 3. The zero-order valence-corrected chi connectivity index (χ0v) is 18.9. The van der Waals surface area contributed by atoms with Gasteiger partial charge in [0, 0.05) is 29.6 Å². The predicted molar refractivity (Wildman–Crippen MR) is 95.9 cm³/mol. The molecule has 0 bridgehead atoms. The molecule has 2 amide bonds. The number of alkyl halides is 3. The minimum absolute atomic E-state index is 0. The standard InChI is InChI=1S/C14H12F3N5O7S.Na/c1-27-9(23)7-5-3-4-6-8(7)30(25,26)22-11(24)18-10-19-12(28-2)21-13(20-10)29-14(15,16)17;/h3-6H,1-2H3,(H2,18,19,20,21,22,24);. The van der Waals surface area contributed by atoms with E-state index in [9.17, 15) is 31.2 Å². The number of amides is 2. The second kappa shape index (κ2) is 10.6. The summed E-state index contributed by atoms with van der Waals surface area (Å²) in [5.74, 6) is -1.79. The van der Waals surface area contributed by atoms with E-state index in [0.29, 0.717) is 0 Å². The summed E-state index contributed by atoms with van der Waals surface area (Å²) in [7, 11) is -2.55. The van der Waals surface area contributed by atoms with E-state index in [2.05, 4.69) is 29.2 Å². The molecule has 0 fully saturated rings. The van der Waals surface area contributed by atoms with Crippen molar-refractivity contribution < 1.29 is 45.4 Å². The van der Waals surface area contributed by atoms with Gasteiger partial charge in [0.1, 0.15) is 4.90 Å². The average molecular weight is 474 g/mol. The van der Waals surface area contributed by atoms with Gasteiger partial charge in [0.2, 0.25) is 5.95 Å². The summed E-state index contributed by atoms with van der Waals surface area (Å²) in [6.45, 7) is 0. The summed E-state index contributed by atoms with van der Waals surface area (Å²) >= 11 is 0. The first kappa shape index (κ1) is 26.3. The molecular weight excluding hydrogens is 462 g/mol. The van der Waals surface area contributed by atoms with Crippen molar-refractivity contribution in [1.82, 2.24) is 19.7 Å². The number of anilines is 1. The van der Waals surface area contributed by atoms with Gasteiger partial charge in [0.25, 0.3) is 10.0 Å². The van der Waals surface area contributed by atoms with Crippen molar-refractivity contribution in [2.24, 2.45) is 0 Å². The van der Waals surface area contributed by atoms with Crippen molar-refractivity contribution in [3.05, 3.63) is 29.8 Å². The van der Waals surface area contributed by atoms with Crippen LogP contribution in [0.15, 0.2) is 29.2 Å². The zero-order chi connectivity index (χ0) is 22.5. The fraction of sp³-hybridized carbons (Fsp3) is 0.214. The topological polar surface area (TPSA) is 159 Å². The summed E-state index contributed by atoms with van der Waals surface area (Å²) in [5, 5.41) is 1.80. The number of benzene rings is 1. The molecular formula is C14H12F3N5NaO7S. The van der Waals surface area contributed by atoms with Crippen molar-refractivity contribution in [2.45, 2.75) is 11.3 Å². The first-order valence-electron chi connectivity index (χ1n) is 7.52. The molecule has 31 heavy (non-hydrogen) atoms. The maximum absolute atomic E-state index is 12.4. The first-order chi connectivity index (χ1) is 13.9. The number of rotatable bonds is 6. The van der Waals surface area contributed by atoms with Crippen LogP contribution < -0.4 is 19.5 Å². The van der Waals surface area contributed by atoms with E-state index in [4.69, 9.17) is 0 Å². The number of nitrogens with one attached hydrogen (secondary N) is 2. The van der Waals surface area contributed by atoms with Gasteiger partial charge in [-0.15, -0.1) is 18.2 Å². The second-order valence-electron chi connectivity index (χ2n) is 5.02. The van der Waals surface area contributed by atoms with E-state index in [1.54, 1.807) is 10.0 Å². The Kier molecular flexibility index (Phi) is 8.97. The number of hydrogen-bond acceptors (Lipinski definition) is 10. The van der Waals surface area contributed by atoms with Crippen LogP contribution in [0.3, 0.4) is 0 Å². The summed E-state index contributed by atoms with van der Waals surface area (Å²) < 4.78 is 75.9. The minimum Gasteiger partial charge on any atom is -0.467 e. The molecule has 0 unspecified atom stereocenters. The molecule has 1 aromatic carbocycles. The third-order valence-corrected chi connectivity index (χ3v) is 4.41. The average Bonchev–Trinajstić information content (AvgIpc) is 2.65. The smallest absolute Gasteiger partial charge is 0.467 e. The van der Waals surface area contributed by atoms with Gasteiger partial charge in [0.15, 0.2) is 0 Å². The normalized spacial score (nSPS) is 11.0. The van der Waals surface area contributed by atoms with E-state index in [0.717, 1.165) is 26.4 Å². The third kappa shape index (κ3) is 7.50. The van der Waals surface area contributed by atoms with Crippen molar-refractivity contribution in [1.29, 1.82) is 0 Å². The number of hydrogen-bond donors (Lipinski definition) is 2. The van der Waals surface area contributed by atoms with Crippen LogP contribution in [0.5, 0.6) is 12.0 Å². The molecule has 0 saturated heterocycles. The second-order valence-corrected chi connectivity index (χ2v) is 6.67. The van der Waals surface area contributed by atoms with E-state index in [1.165, 1.54) is 12.1 Å². The molecule has 0 aliphatic carbocycles. The van der Waals surface area contributed by atoms with Crippen LogP contribution in [0.2, 0.25) is 0 Å². The van der Waals surface area contributed by atoms with E-state index < -0.39 is 51.3 Å². The van der Waals surface area contributed by atoms with Crippen LogP contribution >= 0.6 is 0 Å². The predicted octanol–water partition coefficient (Wildman–Crippen LogP) is 0.695. The number of carbonyl (C=O) groups is 2. The number of esters is 1. The van der Waals surface area contributed by atoms with E-state index in [1.807, 2.05) is 0 Å². The number of nitrogens with zero attached hydrogens (tertiary/aromatic N) is 3. The van der Waals surface area contributed by atoms with Gasteiger partial charge >= 0.3 is 30.4 Å². The maximum Gasteiger partial charge on any atom is 0.575 e. The fourth-order valence-corrected chi connectivity index (χ4v) is 3.02. The monoisotopic (exact) mass is 474 g/mol. The van der Waals surface area contributed by atoms with Crippen LogP contribution in [-0.2, 0) is 14.8 Å². The van der Waals surface area contributed by atoms with E-state index in [-0.39, 0.29) is 35.1 Å². The largest absolute Gasteiger partial charge is 0.575 e. The molecule has 0 spiro atoms. The van der Waals surface area contributed by atoms with Crippen molar-refractivity contribution in [3.8, 4) is 12.0 Å². The number of methoxy groups -OCH3 is 2. The number of ether oxygens (including phenoxy) is 3. The summed E-state index contributed by atoms with van der Waals surface area (Å²) in [6, 6.07) is 1.46. The molecule has 2 aromatic rings. The van der Waals surface area contributed by atoms with Gasteiger partial charge in [-0.1, -0.05) is 12.1 Å². The van der Waals surface area contributed by atoms with Gasteiger partial charge in [-0.05, 0) is 12.1 Å². The molecule has 163 valence electrons. The maximum atomic E-state index is 12.4. The van der Waals surface area contributed by atoms with Gasteiger partial charge in [0.05, 0.1) is 19.8 Å². The molecule has 1 aromatic heterocycles. The first-order valence-corrected chi connectivity index (χ1v) is 9.00. The van der Waals surface area contributed by atoms with Crippen LogP contribution in [-0.4, -0.2) is 85.5 Å². The summed E-state index contributed by atoms with van der Waals surface area (Å²) in [5.41, 5.74) is -0.358. The van der Waals surface area contributed by atoms with Gasteiger partial charge < -0.3 is 14.2 Å². The fourth-order valence-electron chi connectivity index (χ4n) is 1.92. The Morgan fingerprint density at radius 3 is 2.23 bits per heavy atom. The Morgan fingerprint density at radius 2 is 1.65 bits per heavy atom. The molecule has 1 heterocycles. The molecule has 0 aliphatic rings. The molecule has 2 rings (SSSR count). The molecule has 1 radical (unpaired) electrons. The quantitative estimate of drug-likeness (QED) is 0.451. The zero-order valence-electron chi connectivity index (χ0n) is 16.1. The summed E-state index contributed by atoms with van der Waals surface area (Å²) in [6.07, 6.45) is -5.15. The third-order valence-electron chi connectivity index (χ3n) is 3.02. The SMILES string of the molecule is COC(=O)c1ccccc1S(=O)(=O)NC(=O)Nc1nc(OC)nc(OC(F)(F)F)n1.[Na]. The van der Waals surface area contributed by atoms with E-state index >= 15 is 0 Å². The van der Waals surface area contributed by atoms with Crippen molar-refractivity contribution in [2.75, 3.05) is 19.5 Å². The van der Waals surface area contributed by atoms with Crippen molar-refractivity contribution >= 4 is 57.5 Å². The Bertz CT molecular complexity index is 1070. The van der Waals surface area contributed by atoms with Gasteiger partial charge in [-0.3, -0.25) is 5.32 Å². The molecule has 0 saturated carbocycles. The molecule has 12 nitrogen and oxygen atoms in total. The molecule has 0 aliphatic heterocycles. The van der Waals surface area contributed by atoms with Crippen LogP contribution in [0.4, 0.5) is 23.9 Å². The Morgan fingerprint density at radius 1 is 1.03 bits per heavy atom. The molecule has 17 heteroatoms. The number of sulfonamides is 1. The number of urea groups is 1. The Balaban J connectivity index is 0.00000480. The molecule has 0 atom stereocenters. The van der Waals surface area contributed by atoms with Gasteiger partial charge in [-0.25, -0.2) is 22.7 Å². The van der Waals surface area contributed by atoms with Gasteiger partial charge in [-0.2, -0.15) is 9.97 Å². The summed E-state index contributed by atoms with van der Waals surface area (Å²) in [4.78, 5) is 33.0.